The van der Waals surface area contributed by atoms with Crippen LogP contribution in [0.4, 0.5) is 0 Å². The lowest BCUT2D eigenvalue weighted by molar-refractivity contribution is -0.119. The number of fused-ring (bicyclic) bond motifs is 3. The Balaban J connectivity index is 1.32. The van der Waals surface area contributed by atoms with E-state index >= 15 is 0 Å². The van der Waals surface area contributed by atoms with Crippen LogP contribution in [-0.2, 0) is 16.0 Å². The normalized spacial score (nSPS) is 27.7. The molecule has 1 saturated heterocycles. The topological polar surface area (TPSA) is 83.9 Å². The Morgan fingerprint density at radius 1 is 1.32 bits per heavy atom. The fourth-order valence-corrected chi connectivity index (χ4v) is 7.46. The fraction of sp³-hybridized carbons (Fsp3) is 0.692. The number of carbonyl (C=O) groups excluding carboxylic acids is 1. The first kappa shape index (κ1) is 24.1. The summed E-state index contributed by atoms with van der Waals surface area (Å²) in [6.07, 6.45) is 9.40. The molecule has 3 aliphatic rings. The van der Waals surface area contributed by atoms with Crippen molar-refractivity contribution in [3.63, 3.8) is 0 Å². The molecule has 1 atom stereocenters. The van der Waals surface area contributed by atoms with Crippen molar-refractivity contribution in [2.24, 2.45) is 0 Å². The van der Waals surface area contributed by atoms with Crippen molar-refractivity contribution >= 4 is 27.3 Å². The van der Waals surface area contributed by atoms with Crippen molar-refractivity contribution in [1.82, 2.24) is 15.2 Å². The molecule has 8 heteroatoms. The number of rotatable bonds is 9. The second-order valence-electron chi connectivity index (χ2n) is 9.88. The lowest BCUT2D eigenvalue weighted by Gasteiger charge is -2.49. The Morgan fingerprint density at radius 2 is 2.12 bits per heavy atom. The number of carbonyl (C=O) groups is 1. The van der Waals surface area contributed by atoms with Crippen LogP contribution in [0.25, 0.3) is 10.2 Å². The monoisotopic (exact) mass is 487 g/mol. The summed E-state index contributed by atoms with van der Waals surface area (Å²) in [4.78, 5) is 22.5. The summed E-state index contributed by atoms with van der Waals surface area (Å²) in [7, 11) is 0. The van der Waals surface area contributed by atoms with E-state index in [-0.39, 0.29) is 30.0 Å². The van der Waals surface area contributed by atoms with Gasteiger partial charge in [-0.25, -0.2) is 4.98 Å². The molecule has 2 fully saturated rings. The quantitative estimate of drug-likeness (QED) is 0.525. The third-order valence-corrected chi connectivity index (χ3v) is 9.32. The van der Waals surface area contributed by atoms with Crippen LogP contribution in [0.15, 0.2) is 12.3 Å². The van der Waals surface area contributed by atoms with Crippen LogP contribution in [0.1, 0.15) is 61.8 Å². The molecular weight excluding hydrogens is 450 g/mol. The predicted molar refractivity (Wildman–Crippen MR) is 134 cm³/mol. The summed E-state index contributed by atoms with van der Waals surface area (Å²) >= 11 is 1.71. The number of nitrogens with one attached hydrogen (secondary N) is 1. The van der Waals surface area contributed by atoms with Crippen molar-refractivity contribution in [1.29, 1.82) is 0 Å². The van der Waals surface area contributed by atoms with E-state index in [1.54, 1.807) is 11.3 Å². The molecule has 5 rings (SSSR count). The Labute approximate surface area is 205 Å². The minimum atomic E-state index is -0.109. The number of nitrogens with zero attached hydrogens (tertiary/aromatic N) is 2. The second-order valence-corrected chi connectivity index (χ2v) is 11.0. The van der Waals surface area contributed by atoms with E-state index in [0.717, 1.165) is 86.4 Å². The minimum Gasteiger partial charge on any atom is -0.490 e. The number of hydrogen-bond acceptors (Lipinski definition) is 8. The van der Waals surface area contributed by atoms with Gasteiger partial charge in [0.2, 0.25) is 0 Å². The molecule has 7 nitrogen and oxygen atoms in total. The first-order valence-corrected chi connectivity index (χ1v) is 13.7. The molecule has 1 aliphatic heterocycles. The number of thiophene rings is 1. The highest BCUT2D eigenvalue weighted by atomic mass is 32.1. The number of ketones is 1. The van der Waals surface area contributed by atoms with Crippen LogP contribution < -0.4 is 10.1 Å². The lowest BCUT2D eigenvalue weighted by atomic mass is 9.77. The number of aryl methyl sites for hydroxylation is 1. The van der Waals surface area contributed by atoms with Gasteiger partial charge in [-0.05, 0) is 56.6 Å². The zero-order valence-electron chi connectivity index (χ0n) is 20.2. The van der Waals surface area contributed by atoms with E-state index in [9.17, 15) is 4.79 Å². The average molecular weight is 488 g/mol. The lowest BCUT2D eigenvalue weighted by Crippen LogP contribution is -2.55. The van der Waals surface area contributed by atoms with E-state index in [1.165, 1.54) is 11.3 Å². The summed E-state index contributed by atoms with van der Waals surface area (Å²) in [6.45, 7) is 6.86. The number of aromatic nitrogens is 1. The average Bonchev–Trinajstić information content (AvgIpc) is 3.45. The zero-order valence-corrected chi connectivity index (χ0v) is 21.0. The number of morpholine rings is 1. The summed E-state index contributed by atoms with van der Waals surface area (Å²) in [6, 6.07) is 1.99. The molecule has 0 bridgehead atoms. The van der Waals surface area contributed by atoms with Crippen LogP contribution in [0.2, 0.25) is 0 Å². The maximum Gasteiger partial charge on any atom is 0.154 e. The molecule has 186 valence electrons. The smallest absolute Gasteiger partial charge is 0.154 e. The van der Waals surface area contributed by atoms with Gasteiger partial charge in [-0.15, -0.1) is 11.3 Å². The van der Waals surface area contributed by atoms with Gasteiger partial charge in [0.1, 0.15) is 10.6 Å². The molecule has 1 saturated carbocycles. The van der Waals surface area contributed by atoms with Gasteiger partial charge in [-0.3, -0.25) is 9.69 Å². The summed E-state index contributed by atoms with van der Waals surface area (Å²) < 4.78 is 12.3. The molecule has 0 radical (unpaired) electrons. The van der Waals surface area contributed by atoms with Crippen molar-refractivity contribution in [2.45, 2.75) is 69.4 Å². The highest BCUT2D eigenvalue weighted by molar-refractivity contribution is 7.19. The third kappa shape index (κ3) is 4.63. The number of hydrogen-bond donors (Lipinski definition) is 2. The molecule has 0 unspecified atom stereocenters. The van der Waals surface area contributed by atoms with Crippen LogP contribution in [0, 0.1) is 0 Å². The molecule has 0 aromatic carbocycles. The van der Waals surface area contributed by atoms with Crippen molar-refractivity contribution in [2.75, 3.05) is 46.0 Å². The van der Waals surface area contributed by atoms with Crippen LogP contribution >= 0.6 is 11.3 Å². The SMILES string of the molecule is CC[C@]1(N2CCOCC2)CC[C@H](Oc2ccnc3sc4c(c23)[C@@H](C(=O)CNCCO)CC4)CC1. The predicted octanol–water partition coefficient (Wildman–Crippen LogP) is 3.28. The number of pyridine rings is 1. The van der Waals surface area contributed by atoms with Crippen LogP contribution in [0.3, 0.4) is 0 Å². The minimum absolute atomic E-state index is 0.0404. The fourth-order valence-electron chi connectivity index (χ4n) is 6.23. The summed E-state index contributed by atoms with van der Waals surface area (Å²) in [5, 5.41) is 13.1. The zero-order chi connectivity index (χ0) is 23.5. The second kappa shape index (κ2) is 10.6. The maximum absolute atomic E-state index is 13.0. The Hall–Kier alpha value is -1.58. The van der Waals surface area contributed by atoms with Gasteiger partial charge in [-0.1, -0.05) is 6.92 Å². The highest BCUT2D eigenvalue weighted by Crippen LogP contribution is 2.47. The number of aliphatic hydroxyl groups excluding tert-OH is 1. The van der Waals surface area contributed by atoms with Gasteiger partial charge in [-0.2, -0.15) is 0 Å². The van der Waals surface area contributed by atoms with Crippen molar-refractivity contribution in [3.05, 3.63) is 22.7 Å². The first-order valence-electron chi connectivity index (χ1n) is 12.9. The van der Waals surface area contributed by atoms with Gasteiger partial charge in [0.05, 0.1) is 37.9 Å². The molecule has 2 aromatic heterocycles. The third-order valence-electron chi connectivity index (χ3n) is 8.15. The van der Waals surface area contributed by atoms with Gasteiger partial charge in [0.25, 0.3) is 0 Å². The summed E-state index contributed by atoms with van der Waals surface area (Å²) in [5.74, 6) is 0.977. The molecular formula is C26H37N3O4S. The summed E-state index contributed by atoms with van der Waals surface area (Å²) in [5.41, 5.74) is 1.42. The van der Waals surface area contributed by atoms with E-state index in [2.05, 4.69) is 22.1 Å². The van der Waals surface area contributed by atoms with Crippen LogP contribution in [-0.4, -0.2) is 78.4 Å². The Kier molecular flexibility index (Phi) is 7.51. The van der Waals surface area contributed by atoms with E-state index in [0.29, 0.717) is 13.1 Å². The number of ether oxygens (including phenoxy) is 2. The molecule has 2 aromatic rings. The molecule has 2 aliphatic carbocycles. The number of Topliss-reactive ketones (excluding diaryl/α,β-unsaturated/α-hetero) is 1. The van der Waals surface area contributed by atoms with E-state index in [1.807, 2.05) is 12.3 Å². The Bertz CT molecular complexity index is 995. The molecule has 0 amide bonds. The van der Waals surface area contributed by atoms with Gasteiger partial charge >= 0.3 is 0 Å². The molecule has 34 heavy (non-hydrogen) atoms. The van der Waals surface area contributed by atoms with Gasteiger partial charge < -0.3 is 19.9 Å². The standard InChI is InChI=1S/C26H37N3O4S/c1-2-26(29-12-15-32-16-13-29)8-5-18(6-9-26)33-21-7-10-28-25-24(21)23-19(3-4-22(23)34-25)20(31)17-27-11-14-30/h7,10,18-19,27,30H,2-6,8-9,11-17H2,1H3/t18-,19-,26-/m1/s1. The van der Waals surface area contributed by atoms with E-state index < -0.39 is 0 Å². The largest absolute Gasteiger partial charge is 0.490 e. The number of aliphatic hydroxyl groups is 1. The van der Waals surface area contributed by atoms with Gasteiger partial charge in [0, 0.05) is 42.2 Å². The molecule has 3 heterocycles. The van der Waals surface area contributed by atoms with Crippen molar-refractivity contribution < 1.29 is 19.4 Å². The molecule has 2 N–H and O–H groups in total. The van der Waals surface area contributed by atoms with E-state index in [4.69, 9.17) is 14.6 Å². The Morgan fingerprint density at radius 3 is 2.85 bits per heavy atom. The van der Waals surface area contributed by atoms with Gasteiger partial charge in [0.15, 0.2) is 5.78 Å². The first-order chi connectivity index (χ1) is 16.6. The molecule has 0 spiro atoms. The highest BCUT2D eigenvalue weighted by Gasteiger charge is 2.40. The van der Waals surface area contributed by atoms with Crippen molar-refractivity contribution in [3.8, 4) is 5.75 Å². The van der Waals surface area contributed by atoms with Crippen LogP contribution in [0.5, 0.6) is 5.75 Å². The maximum atomic E-state index is 13.0.